The van der Waals surface area contributed by atoms with Gasteiger partial charge in [-0.3, -0.25) is 14.6 Å². The van der Waals surface area contributed by atoms with Crippen LogP contribution < -0.4 is 0 Å². The normalized spacial score (nSPS) is 24.1. The molecule has 0 N–H and O–H groups in total. The highest BCUT2D eigenvalue weighted by molar-refractivity contribution is 5.20. The Hall–Kier alpha value is -1.72. The molecule has 2 fully saturated rings. The molecule has 2 aromatic rings. The summed E-state index contributed by atoms with van der Waals surface area (Å²) in [6, 6.07) is 6.52. The average Bonchev–Trinajstić information content (AvgIpc) is 3.26. The van der Waals surface area contributed by atoms with E-state index in [2.05, 4.69) is 40.1 Å². The second kappa shape index (κ2) is 7.26. The lowest BCUT2D eigenvalue weighted by molar-refractivity contribution is 0.0886. The van der Waals surface area contributed by atoms with Crippen molar-refractivity contribution in [2.75, 3.05) is 26.3 Å². The van der Waals surface area contributed by atoms with Gasteiger partial charge in [0.1, 0.15) is 0 Å². The standard InChI is InChI=1S/C20H28N4O/c1-15-9-19(23(2)22-15)11-24-10-18(14-25-13-16-3-4-16)20(12-24)17-5-7-21-8-6-17/h5-9,16,18,20H,3-4,10-14H2,1-2H3/t18-,20-/m0/s1. The van der Waals surface area contributed by atoms with Crippen molar-refractivity contribution < 1.29 is 4.74 Å². The van der Waals surface area contributed by atoms with Gasteiger partial charge in [-0.25, -0.2) is 0 Å². The Morgan fingerprint density at radius 3 is 2.64 bits per heavy atom. The molecule has 5 nitrogen and oxygen atoms in total. The Bertz CT molecular complexity index is 695. The van der Waals surface area contributed by atoms with E-state index in [1.807, 2.05) is 24.1 Å². The van der Waals surface area contributed by atoms with E-state index in [-0.39, 0.29) is 0 Å². The highest BCUT2D eigenvalue weighted by atomic mass is 16.5. The van der Waals surface area contributed by atoms with Crippen molar-refractivity contribution in [2.24, 2.45) is 18.9 Å². The minimum atomic E-state index is 0.525. The minimum Gasteiger partial charge on any atom is -0.381 e. The van der Waals surface area contributed by atoms with Gasteiger partial charge in [0.05, 0.1) is 18.0 Å². The first-order chi connectivity index (χ1) is 12.2. The van der Waals surface area contributed by atoms with Crippen molar-refractivity contribution in [2.45, 2.75) is 32.2 Å². The van der Waals surface area contributed by atoms with Crippen molar-refractivity contribution in [1.82, 2.24) is 19.7 Å². The zero-order chi connectivity index (χ0) is 17.2. The van der Waals surface area contributed by atoms with Crippen LogP contribution in [0.2, 0.25) is 0 Å². The molecular weight excluding hydrogens is 312 g/mol. The first kappa shape index (κ1) is 16.7. The van der Waals surface area contributed by atoms with Gasteiger partial charge >= 0.3 is 0 Å². The van der Waals surface area contributed by atoms with Crippen LogP contribution in [0.5, 0.6) is 0 Å². The first-order valence-corrected chi connectivity index (χ1v) is 9.38. The molecule has 0 amide bonds. The van der Waals surface area contributed by atoms with Crippen LogP contribution in [0.25, 0.3) is 0 Å². The second-order valence-corrected chi connectivity index (χ2v) is 7.72. The molecule has 2 atom stereocenters. The fraction of sp³-hybridized carbons (Fsp3) is 0.600. The van der Waals surface area contributed by atoms with Crippen molar-refractivity contribution in [3.63, 3.8) is 0 Å². The SMILES string of the molecule is Cc1cc(CN2C[C@@H](COCC3CC3)[C@H](c3ccncc3)C2)n(C)n1. The summed E-state index contributed by atoms with van der Waals surface area (Å²) in [4.78, 5) is 6.73. The summed E-state index contributed by atoms with van der Waals surface area (Å²) in [7, 11) is 2.04. The number of likely N-dealkylation sites (tertiary alicyclic amines) is 1. The van der Waals surface area contributed by atoms with Gasteiger partial charge in [-0.2, -0.15) is 5.10 Å². The fourth-order valence-corrected chi connectivity index (χ4v) is 3.96. The van der Waals surface area contributed by atoms with Crippen LogP contribution in [0.15, 0.2) is 30.6 Å². The number of aryl methyl sites for hydroxylation is 2. The lowest BCUT2D eigenvalue weighted by Crippen LogP contribution is -2.23. The van der Waals surface area contributed by atoms with Crippen molar-refractivity contribution >= 4 is 0 Å². The maximum atomic E-state index is 6.06. The van der Waals surface area contributed by atoms with E-state index in [0.29, 0.717) is 11.8 Å². The number of pyridine rings is 1. The summed E-state index contributed by atoms with van der Waals surface area (Å²) in [6.45, 7) is 6.98. The van der Waals surface area contributed by atoms with Crippen molar-refractivity contribution in [3.05, 3.63) is 47.5 Å². The summed E-state index contributed by atoms with van der Waals surface area (Å²) in [6.07, 6.45) is 6.52. The highest BCUT2D eigenvalue weighted by Crippen LogP contribution is 2.34. The largest absolute Gasteiger partial charge is 0.381 e. The maximum Gasteiger partial charge on any atom is 0.0597 e. The van der Waals surface area contributed by atoms with E-state index < -0.39 is 0 Å². The molecule has 1 aliphatic heterocycles. The summed E-state index contributed by atoms with van der Waals surface area (Å²) < 4.78 is 8.07. The quantitative estimate of drug-likeness (QED) is 0.777. The Morgan fingerprint density at radius 2 is 1.96 bits per heavy atom. The van der Waals surface area contributed by atoms with E-state index in [0.717, 1.165) is 44.5 Å². The fourth-order valence-electron chi connectivity index (χ4n) is 3.96. The molecule has 1 saturated heterocycles. The van der Waals surface area contributed by atoms with Crippen molar-refractivity contribution in [1.29, 1.82) is 0 Å². The predicted octanol–water partition coefficient (Wildman–Crippen LogP) is 2.77. The van der Waals surface area contributed by atoms with Gasteiger partial charge in [-0.15, -0.1) is 0 Å². The Labute approximate surface area is 150 Å². The summed E-state index contributed by atoms with van der Waals surface area (Å²) >= 11 is 0. The van der Waals surface area contributed by atoms with E-state index >= 15 is 0 Å². The van der Waals surface area contributed by atoms with Crippen LogP contribution in [-0.4, -0.2) is 46.0 Å². The van der Waals surface area contributed by atoms with Crippen LogP contribution in [0.3, 0.4) is 0 Å². The predicted molar refractivity (Wildman–Crippen MR) is 97.2 cm³/mol. The zero-order valence-corrected chi connectivity index (χ0v) is 15.3. The molecule has 2 aliphatic rings. The lowest BCUT2D eigenvalue weighted by Gasteiger charge is -2.18. The van der Waals surface area contributed by atoms with Crippen LogP contribution >= 0.6 is 0 Å². The second-order valence-electron chi connectivity index (χ2n) is 7.72. The Kier molecular flexibility index (Phi) is 4.86. The summed E-state index contributed by atoms with van der Waals surface area (Å²) in [5.74, 6) is 1.90. The van der Waals surface area contributed by atoms with Gasteiger partial charge in [0.2, 0.25) is 0 Å². The summed E-state index contributed by atoms with van der Waals surface area (Å²) in [5, 5.41) is 4.48. The molecule has 0 aromatic carbocycles. The summed E-state index contributed by atoms with van der Waals surface area (Å²) in [5.41, 5.74) is 3.76. The van der Waals surface area contributed by atoms with Gasteiger partial charge < -0.3 is 4.74 Å². The van der Waals surface area contributed by atoms with Crippen LogP contribution in [-0.2, 0) is 18.3 Å². The molecule has 134 valence electrons. The minimum absolute atomic E-state index is 0.525. The highest BCUT2D eigenvalue weighted by Gasteiger charge is 2.34. The van der Waals surface area contributed by atoms with Gasteiger partial charge in [0, 0.05) is 57.5 Å². The topological polar surface area (TPSA) is 43.2 Å². The third kappa shape index (κ3) is 4.10. The molecule has 2 aromatic heterocycles. The van der Waals surface area contributed by atoms with Crippen LogP contribution in [0.4, 0.5) is 0 Å². The third-order valence-corrected chi connectivity index (χ3v) is 5.52. The van der Waals surface area contributed by atoms with Crippen LogP contribution in [0, 0.1) is 18.8 Å². The van der Waals surface area contributed by atoms with Crippen LogP contribution in [0.1, 0.15) is 35.7 Å². The Balaban J connectivity index is 1.44. The molecule has 1 aliphatic carbocycles. The van der Waals surface area contributed by atoms with E-state index in [4.69, 9.17) is 4.74 Å². The monoisotopic (exact) mass is 340 g/mol. The van der Waals surface area contributed by atoms with Gasteiger partial charge in [0.25, 0.3) is 0 Å². The number of nitrogens with zero attached hydrogens (tertiary/aromatic N) is 4. The number of rotatable bonds is 7. The molecule has 4 rings (SSSR count). The Morgan fingerprint density at radius 1 is 1.16 bits per heavy atom. The number of hydrogen-bond acceptors (Lipinski definition) is 4. The van der Waals surface area contributed by atoms with E-state index in [1.165, 1.54) is 24.1 Å². The molecule has 5 heteroatoms. The third-order valence-electron chi connectivity index (χ3n) is 5.52. The van der Waals surface area contributed by atoms with E-state index in [9.17, 15) is 0 Å². The average molecular weight is 340 g/mol. The molecule has 0 radical (unpaired) electrons. The number of ether oxygens (including phenoxy) is 1. The smallest absolute Gasteiger partial charge is 0.0597 e. The lowest BCUT2D eigenvalue weighted by atomic mass is 9.90. The van der Waals surface area contributed by atoms with Gasteiger partial charge in [-0.05, 0) is 49.4 Å². The molecule has 3 heterocycles. The number of aromatic nitrogens is 3. The number of hydrogen-bond donors (Lipinski definition) is 0. The molecule has 25 heavy (non-hydrogen) atoms. The molecule has 0 spiro atoms. The molecular formula is C20H28N4O. The first-order valence-electron chi connectivity index (χ1n) is 9.38. The van der Waals surface area contributed by atoms with Gasteiger partial charge in [0.15, 0.2) is 0 Å². The molecule has 0 unspecified atom stereocenters. The van der Waals surface area contributed by atoms with Crippen molar-refractivity contribution in [3.8, 4) is 0 Å². The maximum absolute atomic E-state index is 6.06. The van der Waals surface area contributed by atoms with E-state index in [1.54, 1.807) is 0 Å². The molecule has 0 bridgehead atoms. The molecule has 1 saturated carbocycles. The van der Waals surface area contributed by atoms with Gasteiger partial charge in [-0.1, -0.05) is 0 Å². The zero-order valence-electron chi connectivity index (χ0n) is 15.3.